The molecule has 0 unspecified atom stereocenters. The number of esters is 1. The van der Waals surface area contributed by atoms with E-state index in [0.717, 1.165) is 4.31 Å². The molecule has 1 heterocycles. The Balaban J connectivity index is 2.02. The van der Waals surface area contributed by atoms with E-state index in [0.29, 0.717) is 17.2 Å². The molecule has 0 atom stereocenters. The highest BCUT2D eigenvalue weighted by molar-refractivity contribution is 7.89. The topological polar surface area (TPSA) is 88.6 Å². The largest absolute Gasteiger partial charge is 0.456 e. The van der Waals surface area contributed by atoms with Crippen LogP contribution in [0, 0.1) is 0 Å². The molecule has 1 aromatic heterocycles. The van der Waals surface area contributed by atoms with Crippen molar-refractivity contribution in [3.05, 3.63) is 53.6 Å². The van der Waals surface area contributed by atoms with E-state index < -0.39 is 16.0 Å². The number of anilines is 1. The van der Waals surface area contributed by atoms with Crippen molar-refractivity contribution in [2.75, 3.05) is 26.0 Å². The molecule has 0 aliphatic heterocycles. The predicted octanol–water partition coefficient (Wildman–Crippen LogP) is 2.35. The molecule has 1 N–H and O–H groups in total. The Hall–Kier alpha value is -2.23. The van der Waals surface area contributed by atoms with Gasteiger partial charge >= 0.3 is 5.97 Å². The van der Waals surface area contributed by atoms with Crippen LogP contribution in [-0.4, -0.2) is 44.3 Å². The van der Waals surface area contributed by atoms with Crippen molar-refractivity contribution < 1.29 is 17.9 Å². The lowest BCUT2D eigenvalue weighted by molar-refractivity contribution is 0.0466. The summed E-state index contributed by atoms with van der Waals surface area (Å²) >= 11 is 1.29. The van der Waals surface area contributed by atoms with E-state index in [-0.39, 0.29) is 17.2 Å². The van der Waals surface area contributed by atoms with Gasteiger partial charge in [0.2, 0.25) is 10.0 Å². The van der Waals surface area contributed by atoms with Crippen LogP contribution in [0.3, 0.4) is 0 Å². The summed E-state index contributed by atoms with van der Waals surface area (Å²) in [5, 5.41) is 5.19. The van der Waals surface area contributed by atoms with E-state index >= 15 is 0 Å². The van der Waals surface area contributed by atoms with E-state index in [9.17, 15) is 13.2 Å². The summed E-state index contributed by atoms with van der Waals surface area (Å²) in [6.07, 6.45) is 1.69. The van der Waals surface area contributed by atoms with Gasteiger partial charge in [-0.05, 0) is 17.7 Å². The normalized spacial score (nSPS) is 11.3. The number of benzene rings is 1. The van der Waals surface area contributed by atoms with Crippen molar-refractivity contribution in [1.29, 1.82) is 0 Å². The minimum absolute atomic E-state index is 0.0391. The lowest BCUT2D eigenvalue weighted by Crippen LogP contribution is -2.22. The molecule has 0 fully saturated rings. The number of sulfonamides is 1. The lowest BCUT2D eigenvalue weighted by Gasteiger charge is -2.12. The number of rotatable bonds is 8. The number of nitrogens with one attached hydrogen (secondary N) is 1. The second kappa shape index (κ2) is 8.24. The van der Waals surface area contributed by atoms with Crippen LogP contribution in [0.5, 0.6) is 0 Å². The molecule has 0 aliphatic rings. The highest BCUT2D eigenvalue weighted by Crippen LogP contribution is 2.18. The Morgan fingerprint density at radius 3 is 2.88 bits per heavy atom. The van der Waals surface area contributed by atoms with E-state index in [1.54, 1.807) is 23.6 Å². The van der Waals surface area contributed by atoms with Crippen LogP contribution in [0.2, 0.25) is 0 Å². The summed E-state index contributed by atoms with van der Waals surface area (Å²) in [5.74, 6) is -0.566. The quantitative estimate of drug-likeness (QED) is 0.558. The minimum Gasteiger partial charge on any atom is -0.456 e. The first kappa shape index (κ1) is 19.1. The van der Waals surface area contributed by atoms with Gasteiger partial charge in [-0.2, -0.15) is 0 Å². The van der Waals surface area contributed by atoms with Gasteiger partial charge in [-0.15, -0.1) is 17.9 Å². The fraction of sp³-hybridized carbons (Fsp3) is 0.250. The second-order valence-electron chi connectivity index (χ2n) is 5.22. The standard InChI is InChI=1S/C16H19N3O4S2/c1-4-8-17-16-18-14(11-24-16)15(20)23-10-12-6-5-7-13(9-12)25(21,22)19(2)3/h4-7,9,11H,1,8,10H2,2-3H3,(H,17,18). The summed E-state index contributed by atoms with van der Waals surface area (Å²) in [6.45, 7) is 4.10. The van der Waals surface area contributed by atoms with Crippen LogP contribution in [-0.2, 0) is 21.4 Å². The molecule has 7 nitrogen and oxygen atoms in total. The predicted molar refractivity (Wildman–Crippen MR) is 97.2 cm³/mol. The molecule has 2 rings (SSSR count). The molecule has 0 bridgehead atoms. The number of carbonyl (C=O) groups excluding carboxylic acids is 1. The average molecular weight is 381 g/mol. The average Bonchev–Trinajstić information content (AvgIpc) is 3.07. The van der Waals surface area contributed by atoms with E-state index in [2.05, 4.69) is 16.9 Å². The van der Waals surface area contributed by atoms with Crippen LogP contribution in [0.15, 0.2) is 47.2 Å². The van der Waals surface area contributed by atoms with Crippen molar-refractivity contribution in [3.63, 3.8) is 0 Å². The Morgan fingerprint density at radius 1 is 1.44 bits per heavy atom. The molecule has 1 aromatic carbocycles. The van der Waals surface area contributed by atoms with Crippen LogP contribution < -0.4 is 5.32 Å². The maximum absolute atomic E-state index is 12.1. The molecule has 2 aromatic rings. The van der Waals surface area contributed by atoms with Crippen molar-refractivity contribution in [2.24, 2.45) is 0 Å². The van der Waals surface area contributed by atoms with Gasteiger partial charge in [0.1, 0.15) is 6.61 Å². The fourth-order valence-corrected chi connectivity index (χ4v) is 3.50. The van der Waals surface area contributed by atoms with Gasteiger partial charge in [0, 0.05) is 26.0 Å². The molecule has 0 saturated carbocycles. The fourth-order valence-electron chi connectivity index (χ4n) is 1.84. The maximum Gasteiger partial charge on any atom is 0.358 e. The maximum atomic E-state index is 12.1. The number of ether oxygens (including phenoxy) is 1. The minimum atomic E-state index is -3.53. The summed E-state index contributed by atoms with van der Waals surface area (Å²) in [5.41, 5.74) is 0.783. The van der Waals surface area contributed by atoms with Gasteiger partial charge in [-0.1, -0.05) is 18.2 Å². The summed E-state index contributed by atoms with van der Waals surface area (Å²) in [6, 6.07) is 6.29. The molecular formula is C16H19N3O4S2. The zero-order valence-corrected chi connectivity index (χ0v) is 15.6. The Labute approximate surface area is 151 Å². The molecule has 25 heavy (non-hydrogen) atoms. The van der Waals surface area contributed by atoms with Crippen molar-refractivity contribution >= 4 is 32.5 Å². The Morgan fingerprint density at radius 2 is 2.20 bits per heavy atom. The monoisotopic (exact) mass is 381 g/mol. The Bertz CT molecular complexity index is 860. The first-order valence-corrected chi connectivity index (χ1v) is 9.65. The van der Waals surface area contributed by atoms with Gasteiger partial charge < -0.3 is 10.1 Å². The molecule has 0 saturated heterocycles. The number of carbonyl (C=O) groups is 1. The molecule has 0 radical (unpaired) electrons. The lowest BCUT2D eigenvalue weighted by atomic mass is 10.2. The summed E-state index contributed by atoms with van der Waals surface area (Å²) in [7, 11) is -0.609. The SMILES string of the molecule is C=CCNc1nc(C(=O)OCc2cccc(S(=O)(=O)N(C)C)c2)cs1. The van der Waals surface area contributed by atoms with Crippen LogP contribution in [0.25, 0.3) is 0 Å². The first-order chi connectivity index (χ1) is 11.8. The third kappa shape index (κ3) is 4.88. The van der Waals surface area contributed by atoms with E-state index in [1.807, 2.05) is 0 Å². The van der Waals surface area contributed by atoms with Crippen molar-refractivity contribution in [2.45, 2.75) is 11.5 Å². The third-order valence-corrected chi connectivity index (χ3v) is 5.77. The highest BCUT2D eigenvalue weighted by Gasteiger charge is 2.18. The first-order valence-electron chi connectivity index (χ1n) is 7.33. The molecule has 0 spiro atoms. The molecule has 0 aliphatic carbocycles. The number of thiazole rings is 1. The van der Waals surface area contributed by atoms with Gasteiger partial charge in [-0.3, -0.25) is 0 Å². The van der Waals surface area contributed by atoms with Gasteiger partial charge in [0.15, 0.2) is 10.8 Å². The van der Waals surface area contributed by atoms with E-state index in [1.165, 1.54) is 37.6 Å². The number of aromatic nitrogens is 1. The van der Waals surface area contributed by atoms with Crippen molar-refractivity contribution in [1.82, 2.24) is 9.29 Å². The van der Waals surface area contributed by atoms with Gasteiger partial charge in [0.25, 0.3) is 0 Å². The highest BCUT2D eigenvalue weighted by atomic mass is 32.2. The van der Waals surface area contributed by atoms with Crippen molar-refractivity contribution in [3.8, 4) is 0 Å². The number of hydrogen-bond donors (Lipinski definition) is 1. The number of hydrogen-bond acceptors (Lipinski definition) is 7. The molecule has 134 valence electrons. The van der Waals surface area contributed by atoms with Gasteiger partial charge in [-0.25, -0.2) is 22.5 Å². The molecule has 0 amide bonds. The van der Waals surface area contributed by atoms with Crippen LogP contribution >= 0.6 is 11.3 Å². The van der Waals surface area contributed by atoms with Crippen LogP contribution in [0.1, 0.15) is 16.1 Å². The zero-order chi connectivity index (χ0) is 18.4. The van der Waals surface area contributed by atoms with E-state index in [4.69, 9.17) is 4.74 Å². The second-order valence-corrected chi connectivity index (χ2v) is 8.23. The summed E-state index contributed by atoms with van der Waals surface area (Å²) in [4.78, 5) is 16.3. The Kier molecular flexibility index (Phi) is 6.29. The molecule has 9 heteroatoms. The van der Waals surface area contributed by atoms with Gasteiger partial charge in [0.05, 0.1) is 4.90 Å². The third-order valence-electron chi connectivity index (χ3n) is 3.16. The summed E-state index contributed by atoms with van der Waals surface area (Å²) < 4.78 is 30.6. The smallest absolute Gasteiger partial charge is 0.358 e. The molecular weight excluding hydrogens is 362 g/mol. The number of nitrogens with zero attached hydrogens (tertiary/aromatic N) is 2. The zero-order valence-electron chi connectivity index (χ0n) is 13.9. The van der Waals surface area contributed by atoms with Crippen LogP contribution in [0.4, 0.5) is 5.13 Å².